The van der Waals surface area contributed by atoms with E-state index in [1.165, 1.54) is 0 Å². The second-order valence-electron chi connectivity index (χ2n) is 2.45. The normalized spacial score (nSPS) is 11.6. The van der Waals surface area contributed by atoms with Crippen molar-refractivity contribution in [1.82, 2.24) is 0 Å². The van der Waals surface area contributed by atoms with E-state index in [0.717, 1.165) is 12.8 Å². The summed E-state index contributed by atoms with van der Waals surface area (Å²) in [7, 11) is 0. The molecule has 0 N–H and O–H groups in total. The van der Waals surface area contributed by atoms with E-state index < -0.39 is 0 Å². The molecule has 1 atom stereocenters. The van der Waals surface area contributed by atoms with Gasteiger partial charge in [0.15, 0.2) is 0 Å². The van der Waals surface area contributed by atoms with Crippen LogP contribution in [-0.4, -0.2) is 0 Å². The first-order valence-corrected chi connectivity index (χ1v) is 4.60. The van der Waals surface area contributed by atoms with Gasteiger partial charge in [-0.25, -0.2) is 0 Å². The second-order valence-corrected chi connectivity index (χ2v) is 3.48. The topological polar surface area (TPSA) is 0 Å². The smallest absolute Gasteiger partial charge is 0.147 e. The Kier molecular flexibility index (Phi) is 11.3. The Bertz CT molecular complexity index is 133. The molecule has 0 amide bonds. The predicted molar refractivity (Wildman–Crippen MR) is 54.3 cm³/mol. The summed E-state index contributed by atoms with van der Waals surface area (Å²) in [6.07, 6.45) is 7.85. The van der Waals surface area contributed by atoms with Crippen molar-refractivity contribution in [2.45, 2.75) is 17.2 Å². The molecule has 0 aromatic carbocycles. The number of allylic oxidation sites excluding steroid dienone is 3. The average molecular weight is 278 g/mol. The second kappa shape index (κ2) is 9.26. The van der Waals surface area contributed by atoms with Crippen molar-refractivity contribution in [2.24, 2.45) is 5.92 Å². The van der Waals surface area contributed by atoms with Gasteiger partial charge in [-0.05, 0) is 0 Å². The van der Waals surface area contributed by atoms with Gasteiger partial charge in [0.1, 0.15) is 0 Å². The Morgan fingerprint density at radius 2 is 1.50 bits per heavy atom. The van der Waals surface area contributed by atoms with E-state index in [0.29, 0.717) is 10.3 Å². The van der Waals surface area contributed by atoms with Gasteiger partial charge >= 0.3 is 80.3 Å². The zero-order valence-electron chi connectivity index (χ0n) is 7.15. The molecule has 0 bridgehead atoms. The Morgan fingerprint density at radius 3 is 1.75 bits per heavy atom. The molecule has 0 aliphatic rings. The number of rotatable bonds is 6. The molecular weight excluding hydrogens is 262 g/mol. The molecule has 0 aromatic heterocycles. The molecule has 0 radical (unpaired) electrons. The summed E-state index contributed by atoms with van der Waals surface area (Å²) in [6.45, 7) is 11.2. The molecular formula is C10H16ClPd. The maximum Gasteiger partial charge on any atom is -0.147 e. The Labute approximate surface area is 92.6 Å². The molecule has 73 valence electrons. The first kappa shape index (κ1) is 14.7. The van der Waals surface area contributed by atoms with Crippen molar-refractivity contribution in [3.05, 3.63) is 38.0 Å². The Balaban J connectivity index is 0. The van der Waals surface area contributed by atoms with Crippen LogP contribution in [-0.2, 0) is 19.2 Å². The van der Waals surface area contributed by atoms with Gasteiger partial charge in [0.2, 0.25) is 0 Å². The molecule has 0 fully saturated rings. The van der Waals surface area contributed by atoms with Crippen LogP contribution in [0.3, 0.4) is 0 Å². The molecule has 0 nitrogen and oxygen atoms in total. The molecule has 12 heavy (non-hydrogen) atoms. The predicted octanol–water partition coefficient (Wildman–Crippen LogP) is 3.70. The third kappa shape index (κ3) is 5.78. The van der Waals surface area contributed by atoms with Crippen LogP contribution < -0.4 is 0 Å². The molecule has 0 aromatic rings. The molecule has 1 unspecified atom stereocenters. The molecule has 0 saturated heterocycles. The van der Waals surface area contributed by atoms with Crippen molar-refractivity contribution in [3.63, 3.8) is 0 Å². The van der Waals surface area contributed by atoms with Gasteiger partial charge < -0.3 is 0 Å². The van der Waals surface area contributed by atoms with Crippen molar-refractivity contribution < 1.29 is 19.2 Å². The van der Waals surface area contributed by atoms with Crippen molar-refractivity contribution in [2.75, 3.05) is 0 Å². The summed E-state index contributed by atoms with van der Waals surface area (Å²) in [4.78, 5) is 0. The van der Waals surface area contributed by atoms with Gasteiger partial charge in [-0.15, -0.1) is 12.4 Å². The van der Waals surface area contributed by atoms with E-state index in [4.69, 9.17) is 0 Å². The van der Waals surface area contributed by atoms with Crippen molar-refractivity contribution in [1.29, 1.82) is 0 Å². The van der Waals surface area contributed by atoms with Gasteiger partial charge in [0.05, 0.1) is 0 Å². The monoisotopic (exact) mass is 277 g/mol. The quantitative estimate of drug-likeness (QED) is 0.513. The van der Waals surface area contributed by atoms with Gasteiger partial charge in [-0.1, -0.05) is 0 Å². The molecule has 0 rings (SSSR count). The van der Waals surface area contributed by atoms with Crippen LogP contribution >= 0.6 is 12.4 Å². The molecule has 0 heterocycles. The van der Waals surface area contributed by atoms with Crippen LogP contribution in [0.2, 0.25) is 4.39 Å². The van der Waals surface area contributed by atoms with Crippen LogP contribution in [0.5, 0.6) is 0 Å². The fraction of sp³-hybridized carbons (Fsp3) is 0.400. The summed E-state index contributed by atoms with van der Waals surface area (Å²) in [6, 6.07) is 0. The van der Waals surface area contributed by atoms with Gasteiger partial charge in [-0.2, -0.15) is 0 Å². The fourth-order valence-electron chi connectivity index (χ4n) is 0.960. The largest absolute Gasteiger partial charge is 0.147 e. The van der Waals surface area contributed by atoms with Crippen molar-refractivity contribution in [3.8, 4) is 0 Å². The summed E-state index contributed by atoms with van der Waals surface area (Å²) < 4.78 is 0.411. The molecule has 0 aliphatic carbocycles. The number of hydrogen-bond acceptors (Lipinski definition) is 0. The maximum atomic E-state index is 3.74. The third-order valence-electron chi connectivity index (χ3n) is 1.57. The van der Waals surface area contributed by atoms with Crippen LogP contribution in [0.1, 0.15) is 12.8 Å². The van der Waals surface area contributed by atoms with Crippen LogP contribution in [0.25, 0.3) is 0 Å². The standard InChI is InChI=1S/C10H15.ClH.Pd/c1-4-7-10(8-5-2)9-6-3;;/h4-7,10H,1-3,8-9H2;1H;. The molecule has 2 heteroatoms. The molecule has 0 saturated carbocycles. The zero-order chi connectivity index (χ0) is 8.69. The Hall–Kier alpha value is 0.172. The first-order valence-electron chi connectivity index (χ1n) is 3.71. The van der Waals surface area contributed by atoms with Crippen LogP contribution in [0.4, 0.5) is 0 Å². The van der Waals surface area contributed by atoms with Gasteiger partial charge in [-0.3, -0.25) is 0 Å². The molecule has 0 aliphatic heterocycles. The summed E-state index contributed by atoms with van der Waals surface area (Å²) in [5.74, 6) is 0.575. The van der Waals surface area contributed by atoms with E-state index in [-0.39, 0.29) is 12.4 Å². The van der Waals surface area contributed by atoms with E-state index in [9.17, 15) is 0 Å². The third-order valence-corrected chi connectivity index (χ3v) is 2.67. The Morgan fingerprint density at radius 1 is 1.08 bits per heavy atom. The SMILES string of the molecule is C=CCC(CC=C)[CH]([Pd])C=C.Cl. The minimum absolute atomic E-state index is 0. The summed E-state index contributed by atoms with van der Waals surface area (Å²) >= 11 is 3.26. The van der Waals surface area contributed by atoms with E-state index in [2.05, 4.69) is 38.9 Å². The van der Waals surface area contributed by atoms with Gasteiger partial charge in [0, 0.05) is 0 Å². The van der Waals surface area contributed by atoms with E-state index in [1.807, 2.05) is 18.2 Å². The van der Waals surface area contributed by atoms with Crippen LogP contribution in [0, 0.1) is 5.92 Å². The minimum Gasteiger partial charge on any atom is -0.147 e. The number of hydrogen-bond donors (Lipinski definition) is 0. The van der Waals surface area contributed by atoms with E-state index in [1.54, 1.807) is 0 Å². The fourth-order valence-corrected chi connectivity index (χ4v) is 1.38. The maximum absolute atomic E-state index is 3.74. The van der Waals surface area contributed by atoms with Crippen molar-refractivity contribution >= 4 is 12.4 Å². The molecule has 0 spiro atoms. The zero-order valence-corrected chi connectivity index (χ0v) is 9.52. The van der Waals surface area contributed by atoms with Gasteiger partial charge in [0.25, 0.3) is 0 Å². The van der Waals surface area contributed by atoms with E-state index >= 15 is 0 Å². The number of halogens is 1. The first-order chi connectivity index (χ1) is 5.26. The minimum atomic E-state index is 0. The average Bonchev–Trinajstić information content (AvgIpc) is 2.03. The summed E-state index contributed by atoms with van der Waals surface area (Å²) in [5, 5.41) is 0. The van der Waals surface area contributed by atoms with Crippen LogP contribution in [0.15, 0.2) is 38.0 Å². The summed E-state index contributed by atoms with van der Waals surface area (Å²) in [5.41, 5.74) is 0.